The van der Waals surface area contributed by atoms with Crippen LogP contribution in [-0.4, -0.2) is 4.57 Å². The number of nitrogens with zero attached hydrogens (tertiary/aromatic N) is 2. The Bertz CT molecular complexity index is 3480. The lowest BCUT2D eigenvalue weighted by molar-refractivity contribution is 0.669. The quantitative estimate of drug-likeness (QED) is 0.176. The molecule has 0 aliphatic heterocycles. The lowest BCUT2D eigenvalue weighted by Gasteiger charge is -2.27. The molecule has 12 rings (SSSR count). The minimum atomic E-state index is 0.885. The molecule has 0 aliphatic rings. The van der Waals surface area contributed by atoms with Crippen molar-refractivity contribution in [2.75, 3.05) is 4.90 Å². The summed E-state index contributed by atoms with van der Waals surface area (Å²) < 4.78 is 11.7. The van der Waals surface area contributed by atoms with Crippen molar-refractivity contribution in [2.45, 2.75) is 0 Å². The Hall–Kier alpha value is -7.14. The third-order valence-corrected chi connectivity index (χ3v) is 12.5. The van der Waals surface area contributed by atoms with E-state index in [-0.39, 0.29) is 0 Å². The van der Waals surface area contributed by atoms with Gasteiger partial charge in [0.1, 0.15) is 11.2 Å². The van der Waals surface area contributed by atoms with Crippen molar-refractivity contribution in [2.24, 2.45) is 0 Å². The third kappa shape index (κ3) is 4.63. The largest absolute Gasteiger partial charge is 0.456 e. The van der Waals surface area contributed by atoms with Crippen molar-refractivity contribution in [3.8, 4) is 16.8 Å². The number of furan rings is 1. The summed E-state index contributed by atoms with van der Waals surface area (Å²) in [4.78, 5) is 2.36. The molecule has 0 radical (unpaired) electrons. The average Bonchev–Trinajstić information content (AvgIpc) is 3.93. The zero-order valence-corrected chi connectivity index (χ0v) is 31.0. The summed E-state index contributed by atoms with van der Waals surface area (Å²) in [5.74, 6) is 0. The summed E-state index contributed by atoms with van der Waals surface area (Å²) in [7, 11) is 0. The van der Waals surface area contributed by atoms with Gasteiger partial charge in [0.05, 0.1) is 16.7 Å². The lowest BCUT2D eigenvalue weighted by atomic mass is 9.93. The number of hydrogen-bond donors (Lipinski definition) is 0. The normalized spacial score (nSPS) is 11.9. The molecule has 3 heterocycles. The van der Waals surface area contributed by atoms with E-state index < -0.39 is 0 Å². The smallest absolute Gasteiger partial charge is 0.138 e. The molecular formula is C52H32N2OS. The van der Waals surface area contributed by atoms with Crippen LogP contribution < -0.4 is 4.90 Å². The summed E-state index contributed by atoms with van der Waals surface area (Å²) in [5.41, 5.74) is 10.9. The molecule has 0 atom stereocenters. The van der Waals surface area contributed by atoms with Crippen molar-refractivity contribution < 1.29 is 4.42 Å². The minimum Gasteiger partial charge on any atom is -0.456 e. The Balaban J connectivity index is 1.12. The molecule has 262 valence electrons. The predicted molar refractivity (Wildman–Crippen MR) is 239 cm³/mol. The molecule has 3 aromatic heterocycles. The first-order valence-electron chi connectivity index (χ1n) is 19.0. The van der Waals surface area contributed by atoms with Gasteiger partial charge in [0.15, 0.2) is 0 Å². The fraction of sp³-hybridized carbons (Fsp3) is 0. The van der Waals surface area contributed by atoms with Gasteiger partial charge in [-0.3, -0.25) is 0 Å². The summed E-state index contributed by atoms with van der Waals surface area (Å²) >= 11 is 1.86. The maximum Gasteiger partial charge on any atom is 0.138 e. The molecule has 0 aliphatic carbocycles. The Morgan fingerprint density at radius 1 is 0.429 bits per heavy atom. The molecule has 0 spiro atoms. The number of hydrogen-bond acceptors (Lipinski definition) is 3. The second-order valence-corrected chi connectivity index (χ2v) is 15.5. The van der Waals surface area contributed by atoms with Gasteiger partial charge in [-0.2, -0.15) is 0 Å². The van der Waals surface area contributed by atoms with Crippen molar-refractivity contribution in [3.05, 3.63) is 194 Å². The van der Waals surface area contributed by atoms with Crippen molar-refractivity contribution in [1.82, 2.24) is 4.57 Å². The van der Waals surface area contributed by atoms with Gasteiger partial charge in [-0.25, -0.2) is 0 Å². The maximum atomic E-state index is 6.72. The highest BCUT2D eigenvalue weighted by Crippen LogP contribution is 2.48. The first-order valence-corrected chi connectivity index (χ1v) is 19.8. The van der Waals surface area contributed by atoms with E-state index in [1.54, 1.807) is 0 Å². The Morgan fingerprint density at radius 2 is 1.11 bits per heavy atom. The molecule has 0 unspecified atom stereocenters. The predicted octanol–water partition coefficient (Wildman–Crippen LogP) is 15.3. The Labute approximate surface area is 326 Å². The highest BCUT2D eigenvalue weighted by molar-refractivity contribution is 7.25. The fourth-order valence-electron chi connectivity index (χ4n) is 8.94. The van der Waals surface area contributed by atoms with Crippen LogP contribution in [0.15, 0.2) is 199 Å². The molecule has 0 bridgehead atoms. The van der Waals surface area contributed by atoms with Gasteiger partial charge in [-0.15, -0.1) is 11.3 Å². The fourth-order valence-corrected chi connectivity index (χ4v) is 10.0. The average molecular weight is 733 g/mol. The van der Waals surface area contributed by atoms with Gasteiger partial charge in [0, 0.05) is 75.8 Å². The van der Waals surface area contributed by atoms with Crippen molar-refractivity contribution >= 4 is 103 Å². The molecular weight excluding hydrogens is 701 g/mol. The van der Waals surface area contributed by atoms with Crippen LogP contribution in [0.25, 0.3) is 91.5 Å². The van der Waals surface area contributed by atoms with E-state index >= 15 is 0 Å². The van der Waals surface area contributed by atoms with Gasteiger partial charge < -0.3 is 13.9 Å². The standard InChI is InChI=1S/C52H32N2OS/c1-2-15-35(16-3-1)53(43-22-12-14-33-13-4-5-17-38(33)43)36-26-28-37(29-27-36)54-44-21-9-6-19-40(44)51-45(54)32-47-52(41-20-7-10-23-46(41)55-47)50(51)34-25-30-49-42(31-34)39-18-8-11-24-48(39)56-49/h1-32H. The van der Waals surface area contributed by atoms with E-state index in [1.165, 1.54) is 52.8 Å². The van der Waals surface area contributed by atoms with Crippen LogP contribution in [0.4, 0.5) is 17.1 Å². The molecule has 3 nitrogen and oxygen atoms in total. The lowest BCUT2D eigenvalue weighted by Crippen LogP contribution is -2.10. The van der Waals surface area contributed by atoms with Crippen molar-refractivity contribution in [3.63, 3.8) is 0 Å². The highest BCUT2D eigenvalue weighted by atomic mass is 32.1. The van der Waals surface area contributed by atoms with Gasteiger partial charge >= 0.3 is 0 Å². The summed E-state index contributed by atoms with van der Waals surface area (Å²) in [5, 5.41) is 9.73. The van der Waals surface area contributed by atoms with E-state index in [4.69, 9.17) is 4.42 Å². The number of thiophene rings is 1. The highest BCUT2D eigenvalue weighted by Gasteiger charge is 2.24. The monoisotopic (exact) mass is 732 g/mol. The van der Waals surface area contributed by atoms with E-state index in [2.05, 4.69) is 204 Å². The van der Waals surface area contributed by atoms with E-state index in [1.807, 2.05) is 11.3 Å². The SMILES string of the molecule is c1ccc(N(c2ccc(-n3c4ccccc4c4c(-c5ccc6sc7ccccc7c6c5)c5c(cc43)oc3ccccc35)cc2)c2cccc3ccccc23)cc1. The molecule has 4 heteroatoms. The number of anilines is 3. The van der Waals surface area contributed by atoms with Gasteiger partial charge in [0.2, 0.25) is 0 Å². The Kier molecular flexibility index (Phi) is 6.80. The van der Waals surface area contributed by atoms with E-state index in [0.717, 1.165) is 55.7 Å². The summed E-state index contributed by atoms with van der Waals surface area (Å²) in [6.07, 6.45) is 0. The van der Waals surface area contributed by atoms with Crippen LogP contribution in [0.5, 0.6) is 0 Å². The van der Waals surface area contributed by atoms with Crippen LogP contribution in [0.2, 0.25) is 0 Å². The van der Waals surface area contributed by atoms with Crippen LogP contribution in [0.3, 0.4) is 0 Å². The Morgan fingerprint density at radius 3 is 1.98 bits per heavy atom. The molecule has 0 fully saturated rings. The summed E-state index contributed by atoms with van der Waals surface area (Å²) in [6, 6.07) is 70.1. The first kappa shape index (κ1) is 31.2. The topological polar surface area (TPSA) is 21.3 Å². The molecule has 0 saturated carbocycles. The van der Waals surface area contributed by atoms with Gasteiger partial charge in [0.25, 0.3) is 0 Å². The van der Waals surface area contributed by atoms with E-state index in [9.17, 15) is 0 Å². The molecule has 12 aromatic rings. The van der Waals surface area contributed by atoms with Crippen LogP contribution >= 0.6 is 11.3 Å². The van der Waals surface area contributed by atoms with Crippen LogP contribution in [0, 0.1) is 0 Å². The van der Waals surface area contributed by atoms with Crippen LogP contribution in [-0.2, 0) is 0 Å². The molecule has 9 aromatic carbocycles. The molecule has 56 heavy (non-hydrogen) atoms. The van der Waals surface area contributed by atoms with Crippen molar-refractivity contribution in [1.29, 1.82) is 0 Å². The number of fused-ring (bicyclic) bond motifs is 10. The molecule has 0 N–H and O–H groups in total. The minimum absolute atomic E-state index is 0.885. The van der Waals surface area contributed by atoms with Crippen LogP contribution in [0.1, 0.15) is 0 Å². The number of rotatable bonds is 5. The van der Waals surface area contributed by atoms with Gasteiger partial charge in [-0.1, -0.05) is 115 Å². The summed E-state index contributed by atoms with van der Waals surface area (Å²) in [6.45, 7) is 0. The molecule has 0 saturated heterocycles. The zero-order chi connectivity index (χ0) is 36.7. The third-order valence-electron chi connectivity index (χ3n) is 11.4. The number of benzene rings is 9. The number of para-hydroxylation sites is 3. The zero-order valence-electron chi connectivity index (χ0n) is 30.2. The number of aromatic nitrogens is 1. The second kappa shape index (κ2) is 12.2. The second-order valence-electron chi connectivity index (χ2n) is 14.5. The van der Waals surface area contributed by atoms with E-state index in [0.29, 0.717) is 0 Å². The first-order chi connectivity index (χ1) is 27.8. The molecule has 0 amide bonds. The maximum absolute atomic E-state index is 6.72. The van der Waals surface area contributed by atoms with Gasteiger partial charge in [-0.05, 0) is 83.7 Å².